The van der Waals surface area contributed by atoms with Crippen molar-refractivity contribution in [2.24, 2.45) is 5.92 Å². The van der Waals surface area contributed by atoms with E-state index in [9.17, 15) is 0 Å². The fourth-order valence-corrected chi connectivity index (χ4v) is 2.19. The predicted molar refractivity (Wildman–Crippen MR) is 98.8 cm³/mol. The van der Waals surface area contributed by atoms with E-state index in [1.54, 1.807) is 0 Å². The van der Waals surface area contributed by atoms with Crippen molar-refractivity contribution >= 4 is 11.6 Å². The maximum Gasteiger partial charge on any atom is 0.163 e. The fraction of sp³-hybridized carbons (Fsp3) is 0.474. The molecule has 2 aromatic rings. The van der Waals surface area contributed by atoms with Crippen LogP contribution in [0.5, 0.6) is 0 Å². The Bertz CT molecular complexity index is 615. The molecule has 2 N–H and O–H groups in total. The van der Waals surface area contributed by atoms with Gasteiger partial charge < -0.3 is 10.6 Å². The van der Waals surface area contributed by atoms with E-state index in [0.29, 0.717) is 5.92 Å². The van der Waals surface area contributed by atoms with Gasteiger partial charge in [-0.15, -0.1) is 0 Å². The fourth-order valence-electron chi connectivity index (χ4n) is 2.19. The van der Waals surface area contributed by atoms with Crippen LogP contribution < -0.4 is 10.6 Å². The van der Waals surface area contributed by atoms with Crippen LogP contribution in [0.25, 0.3) is 11.4 Å². The Morgan fingerprint density at radius 1 is 1.00 bits per heavy atom. The molecule has 0 saturated heterocycles. The Labute approximate surface area is 139 Å². The van der Waals surface area contributed by atoms with Crippen LogP contribution >= 0.6 is 0 Å². The van der Waals surface area contributed by atoms with Gasteiger partial charge >= 0.3 is 0 Å². The number of hydrogen-bond acceptors (Lipinski definition) is 4. The van der Waals surface area contributed by atoms with Gasteiger partial charge in [0.05, 0.1) is 0 Å². The number of anilines is 2. The van der Waals surface area contributed by atoms with Crippen molar-refractivity contribution in [3.63, 3.8) is 0 Å². The molecular formula is C19H28N4. The van der Waals surface area contributed by atoms with Crippen molar-refractivity contribution < 1.29 is 0 Å². The first-order chi connectivity index (χ1) is 10.8. The van der Waals surface area contributed by atoms with Gasteiger partial charge in [-0.2, -0.15) is 0 Å². The van der Waals surface area contributed by atoms with Crippen LogP contribution in [0.1, 0.15) is 41.0 Å². The molecule has 0 bridgehead atoms. The van der Waals surface area contributed by atoms with Crippen LogP contribution in [-0.4, -0.2) is 22.1 Å². The number of rotatable bonds is 6. The smallest absolute Gasteiger partial charge is 0.163 e. The van der Waals surface area contributed by atoms with Crippen molar-refractivity contribution in [3.8, 4) is 11.4 Å². The Balaban J connectivity index is 2.28. The van der Waals surface area contributed by atoms with E-state index >= 15 is 0 Å². The summed E-state index contributed by atoms with van der Waals surface area (Å²) in [6.45, 7) is 11.8. The molecule has 0 aliphatic carbocycles. The van der Waals surface area contributed by atoms with Crippen molar-refractivity contribution in [2.45, 2.75) is 46.6 Å². The highest BCUT2D eigenvalue weighted by atomic mass is 15.1. The standard InChI is InChI=1S/C19H28N4/c1-14(2)11-12-20-16-13-17(23-19(3,4)5)22-18(21-16)15-9-7-6-8-10-15/h6-10,13-14H,11-12H2,1-5H3,(H2,20,21,22,23). The van der Waals surface area contributed by atoms with E-state index < -0.39 is 0 Å². The second-order valence-corrected chi connectivity index (χ2v) is 7.31. The third-order valence-corrected chi connectivity index (χ3v) is 3.29. The summed E-state index contributed by atoms with van der Waals surface area (Å²) in [6, 6.07) is 12.1. The first-order valence-corrected chi connectivity index (χ1v) is 8.30. The quantitative estimate of drug-likeness (QED) is 0.803. The zero-order valence-electron chi connectivity index (χ0n) is 14.9. The van der Waals surface area contributed by atoms with Gasteiger partial charge in [-0.3, -0.25) is 0 Å². The SMILES string of the molecule is CC(C)CCNc1cc(NC(C)(C)C)nc(-c2ccccc2)n1. The van der Waals surface area contributed by atoms with E-state index in [-0.39, 0.29) is 5.54 Å². The summed E-state index contributed by atoms with van der Waals surface area (Å²) in [4.78, 5) is 9.34. The largest absolute Gasteiger partial charge is 0.370 e. The highest BCUT2D eigenvalue weighted by molar-refractivity contribution is 5.61. The molecule has 1 aromatic heterocycles. The number of nitrogens with one attached hydrogen (secondary N) is 2. The molecular weight excluding hydrogens is 284 g/mol. The summed E-state index contributed by atoms with van der Waals surface area (Å²) in [6.07, 6.45) is 1.12. The van der Waals surface area contributed by atoms with E-state index in [0.717, 1.165) is 36.0 Å². The topological polar surface area (TPSA) is 49.8 Å². The lowest BCUT2D eigenvalue weighted by Crippen LogP contribution is -2.27. The number of hydrogen-bond donors (Lipinski definition) is 2. The van der Waals surface area contributed by atoms with Crippen molar-refractivity contribution in [2.75, 3.05) is 17.2 Å². The average molecular weight is 312 g/mol. The molecule has 0 saturated carbocycles. The molecule has 1 aromatic carbocycles. The lowest BCUT2D eigenvalue weighted by molar-refractivity contribution is 0.606. The first kappa shape index (κ1) is 17.3. The molecule has 0 aliphatic rings. The number of nitrogens with zero attached hydrogens (tertiary/aromatic N) is 2. The first-order valence-electron chi connectivity index (χ1n) is 8.30. The van der Waals surface area contributed by atoms with Crippen LogP contribution in [0.15, 0.2) is 36.4 Å². The lowest BCUT2D eigenvalue weighted by atomic mass is 10.1. The molecule has 0 fully saturated rings. The third-order valence-electron chi connectivity index (χ3n) is 3.29. The molecule has 0 aliphatic heterocycles. The molecule has 0 unspecified atom stereocenters. The summed E-state index contributed by atoms with van der Waals surface area (Å²) in [5.74, 6) is 3.13. The highest BCUT2D eigenvalue weighted by Gasteiger charge is 2.13. The Hall–Kier alpha value is -2.10. The maximum absolute atomic E-state index is 4.67. The van der Waals surface area contributed by atoms with Crippen LogP contribution in [0.4, 0.5) is 11.6 Å². The molecule has 0 radical (unpaired) electrons. The minimum absolute atomic E-state index is 0.0441. The van der Waals surface area contributed by atoms with Crippen LogP contribution in [0, 0.1) is 5.92 Å². The van der Waals surface area contributed by atoms with Crippen molar-refractivity contribution in [1.82, 2.24) is 9.97 Å². The van der Waals surface area contributed by atoms with Gasteiger partial charge in [0.2, 0.25) is 0 Å². The molecule has 0 spiro atoms. The highest BCUT2D eigenvalue weighted by Crippen LogP contribution is 2.22. The second kappa shape index (κ2) is 7.44. The summed E-state index contributed by atoms with van der Waals surface area (Å²) >= 11 is 0. The average Bonchev–Trinajstić information content (AvgIpc) is 2.46. The van der Waals surface area contributed by atoms with Crippen LogP contribution in [-0.2, 0) is 0 Å². The van der Waals surface area contributed by atoms with Gasteiger partial charge in [-0.25, -0.2) is 9.97 Å². The molecule has 4 heteroatoms. The van der Waals surface area contributed by atoms with Gasteiger partial charge in [0.25, 0.3) is 0 Å². The van der Waals surface area contributed by atoms with Crippen LogP contribution in [0.2, 0.25) is 0 Å². The van der Waals surface area contributed by atoms with Crippen molar-refractivity contribution in [3.05, 3.63) is 36.4 Å². The Kier molecular flexibility index (Phi) is 5.59. The second-order valence-electron chi connectivity index (χ2n) is 7.31. The zero-order chi connectivity index (χ0) is 16.9. The molecule has 0 amide bonds. The minimum atomic E-state index is -0.0441. The Morgan fingerprint density at radius 2 is 1.65 bits per heavy atom. The van der Waals surface area contributed by atoms with Crippen molar-refractivity contribution in [1.29, 1.82) is 0 Å². The van der Waals surface area contributed by atoms with E-state index in [2.05, 4.69) is 55.2 Å². The van der Waals surface area contributed by atoms with Gasteiger partial charge in [-0.05, 0) is 33.1 Å². The molecule has 1 heterocycles. The molecule has 2 rings (SSSR count). The zero-order valence-corrected chi connectivity index (χ0v) is 14.9. The Morgan fingerprint density at radius 3 is 2.26 bits per heavy atom. The summed E-state index contributed by atoms with van der Waals surface area (Å²) in [5, 5.41) is 6.86. The van der Waals surface area contributed by atoms with Gasteiger partial charge in [0, 0.05) is 23.7 Å². The number of benzene rings is 1. The normalized spacial score (nSPS) is 11.6. The minimum Gasteiger partial charge on any atom is -0.370 e. The van der Waals surface area contributed by atoms with E-state index in [4.69, 9.17) is 0 Å². The summed E-state index contributed by atoms with van der Waals surface area (Å²) < 4.78 is 0. The monoisotopic (exact) mass is 312 g/mol. The van der Waals surface area contributed by atoms with Crippen LogP contribution in [0.3, 0.4) is 0 Å². The molecule has 23 heavy (non-hydrogen) atoms. The molecule has 4 nitrogen and oxygen atoms in total. The predicted octanol–water partition coefficient (Wildman–Crippen LogP) is 4.81. The van der Waals surface area contributed by atoms with Gasteiger partial charge in [-0.1, -0.05) is 44.2 Å². The van der Waals surface area contributed by atoms with E-state index in [1.165, 1.54) is 0 Å². The third kappa shape index (κ3) is 5.89. The summed E-state index contributed by atoms with van der Waals surface area (Å²) in [5.41, 5.74) is 0.981. The lowest BCUT2D eigenvalue weighted by Gasteiger charge is -2.22. The van der Waals surface area contributed by atoms with E-state index in [1.807, 2.05) is 36.4 Å². The number of aromatic nitrogens is 2. The van der Waals surface area contributed by atoms with Gasteiger partial charge in [0.1, 0.15) is 11.6 Å². The molecule has 0 atom stereocenters. The maximum atomic E-state index is 4.67. The van der Waals surface area contributed by atoms with Gasteiger partial charge in [0.15, 0.2) is 5.82 Å². The summed E-state index contributed by atoms with van der Waals surface area (Å²) in [7, 11) is 0. The molecule has 124 valence electrons.